The summed E-state index contributed by atoms with van der Waals surface area (Å²) in [5, 5.41) is 3.04. The second-order valence-electron chi connectivity index (χ2n) is 11.7. The number of piperazine rings is 1. The van der Waals surface area contributed by atoms with Crippen LogP contribution in [0.2, 0.25) is 0 Å². The molecule has 12 heteroatoms. The number of carbonyl (C=O) groups excluding carboxylic acids is 1. The standard InChI is InChI=1S/C31H35F4N5O2S.C3H8/c1-6-26(41)40-18(2)14-38(15-19(40)3)30-24-13-25(31(33,34)35)27(21-7-9-22(32)10-8-21)29-28(24)39(20(4)37-30)16-23(17-43-29)42-12-11-36-5;1-3-2/h6-10,13,18-19,23,36H,1,4,11-12,14-17H2,2-3,5H3;3H2,1-2H3. The number of nitrogens with zero attached hydrogens (tertiary/aromatic N) is 4. The van der Waals surface area contributed by atoms with Crippen molar-refractivity contribution in [3.63, 3.8) is 0 Å². The minimum Gasteiger partial charge on any atom is -0.374 e. The summed E-state index contributed by atoms with van der Waals surface area (Å²) in [5.74, 6) is 0.449. The zero-order valence-electron chi connectivity index (χ0n) is 27.1. The molecule has 3 atom stereocenters. The van der Waals surface area contributed by atoms with Crippen LogP contribution in [0.5, 0.6) is 0 Å². The molecule has 0 aromatic heterocycles. The maximum Gasteiger partial charge on any atom is 0.417 e. The minimum atomic E-state index is -4.70. The Hall–Kier alpha value is -3.35. The molecule has 250 valence electrons. The van der Waals surface area contributed by atoms with Gasteiger partial charge in [0.25, 0.3) is 0 Å². The average Bonchev–Trinajstić information content (AvgIpc) is 3.19. The molecule has 46 heavy (non-hydrogen) atoms. The van der Waals surface area contributed by atoms with Crippen molar-refractivity contribution in [2.75, 3.05) is 50.5 Å². The van der Waals surface area contributed by atoms with Gasteiger partial charge < -0.3 is 24.8 Å². The van der Waals surface area contributed by atoms with Gasteiger partial charge in [-0.2, -0.15) is 13.2 Å². The summed E-state index contributed by atoms with van der Waals surface area (Å²) < 4.78 is 64.7. The maximum atomic E-state index is 14.9. The number of aliphatic imine (C=N–C) groups is 1. The summed E-state index contributed by atoms with van der Waals surface area (Å²) in [5.41, 5.74) is 0.358. The van der Waals surface area contributed by atoms with E-state index in [9.17, 15) is 22.4 Å². The van der Waals surface area contributed by atoms with Crippen LogP contribution in [-0.2, 0) is 15.7 Å². The molecule has 0 saturated carbocycles. The molecule has 2 aromatic rings. The Balaban J connectivity index is 0.00000154. The third-order valence-electron chi connectivity index (χ3n) is 7.90. The van der Waals surface area contributed by atoms with E-state index >= 15 is 0 Å². The number of anilines is 1. The van der Waals surface area contributed by atoms with E-state index in [-0.39, 0.29) is 35.2 Å². The molecule has 7 nitrogen and oxygen atoms in total. The Bertz CT molecular complexity index is 1450. The monoisotopic (exact) mass is 661 g/mol. The van der Waals surface area contributed by atoms with Crippen molar-refractivity contribution in [2.24, 2.45) is 4.99 Å². The quantitative estimate of drug-likeness (QED) is 0.209. The Morgan fingerprint density at radius 1 is 1.15 bits per heavy atom. The van der Waals surface area contributed by atoms with Gasteiger partial charge in [0.2, 0.25) is 5.91 Å². The van der Waals surface area contributed by atoms with Crippen LogP contribution in [0.4, 0.5) is 23.2 Å². The number of alkyl halides is 3. The first kappa shape index (κ1) is 35.5. The number of amides is 1. The number of halogens is 4. The molecule has 1 saturated heterocycles. The van der Waals surface area contributed by atoms with Crippen LogP contribution < -0.4 is 10.2 Å². The highest BCUT2D eigenvalue weighted by Gasteiger charge is 2.43. The fourth-order valence-electron chi connectivity index (χ4n) is 6.06. The highest BCUT2D eigenvalue weighted by molar-refractivity contribution is 7.99. The molecular formula is C34H43F4N5O2S. The molecule has 5 rings (SSSR count). The van der Waals surface area contributed by atoms with E-state index in [0.717, 1.165) is 6.07 Å². The number of amidine groups is 1. The normalized spacial score (nSPS) is 21.2. The van der Waals surface area contributed by atoms with Gasteiger partial charge in [0.05, 0.1) is 30.5 Å². The Morgan fingerprint density at radius 3 is 2.35 bits per heavy atom. The number of rotatable bonds is 6. The number of ether oxygens (including phenoxy) is 1. The molecule has 0 bridgehead atoms. The first-order valence-corrected chi connectivity index (χ1v) is 16.5. The molecule has 3 aliphatic heterocycles. The van der Waals surface area contributed by atoms with Gasteiger partial charge in [0.15, 0.2) is 0 Å². The van der Waals surface area contributed by atoms with Crippen LogP contribution in [-0.4, -0.2) is 85.3 Å². The van der Waals surface area contributed by atoms with Crippen molar-refractivity contribution in [3.05, 3.63) is 72.3 Å². The van der Waals surface area contributed by atoms with Crippen LogP contribution in [0.25, 0.3) is 11.1 Å². The first-order valence-electron chi connectivity index (χ1n) is 15.5. The zero-order valence-corrected chi connectivity index (χ0v) is 27.9. The predicted octanol–water partition coefficient (Wildman–Crippen LogP) is 6.78. The Morgan fingerprint density at radius 2 is 1.78 bits per heavy atom. The molecule has 1 amide bonds. The average molecular weight is 662 g/mol. The van der Waals surface area contributed by atoms with Gasteiger partial charge in [-0.05, 0) is 50.7 Å². The number of thioether (sulfide) groups is 1. The SMILES string of the molecule is C=CC(=O)N1C(C)CN(C2=NC(=C)N3CC(OCCNC)CSc4c(-c5ccc(F)cc5)c(C(F)(F)F)cc2c43)CC1C.CCC. The van der Waals surface area contributed by atoms with E-state index in [4.69, 9.17) is 9.73 Å². The molecule has 0 radical (unpaired) electrons. The smallest absolute Gasteiger partial charge is 0.374 e. The predicted molar refractivity (Wildman–Crippen MR) is 178 cm³/mol. The second kappa shape index (κ2) is 15.0. The number of hydrogen-bond acceptors (Lipinski definition) is 7. The fraction of sp³-hybridized carbons (Fsp3) is 0.471. The summed E-state index contributed by atoms with van der Waals surface area (Å²) >= 11 is 1.30. The summed E-state index contributed by atoms with van der Waals surface area (Å²) in [6, 6.07) is 5.79. The molecule has 1 N–H and O–H groups in total. The number of nitrogens with one attached hydrogen (secondary N) is 1. The minimum absolute atomic E-state index is 0.00527. The summed E-state index contributed by atoms with van der Waals surface area (Å²) in [7, 11) is 1.82. The van der Waals surface area contributed by atoms with Crippen molar-refractivity contribution in [2.45, 2.75) is 63.4 Å². The molecule has 0 aliphatic carbocycles. The highest BCUT2D eigenvalue weighted by Crippen LogP contribution is 2.52. The molecule has 2 aromatic carbocycles. The maximum absolute atomic E-state index is 14.9. The topological polar surface area (TPSA) is 60.4 Å². The largest absolute Gasteiger partial charge is 0.417 e. The van der Waals surface area contributed by atoms with Gasteiger partial charge in [-0.1, -0.05) is 45.6 Å². The number of benzene rings is 2. The Kier molecular flexibility index (Phi) is 11.6. The Labute approximate surface area is 273 Å². The molecule has 0 spiro atoms. The van der Waals surface area contributed by atoms with E-state index < -0.39 is 17.6 Å². The van der Waals surface area contributed by atoms with Crippen LogP contribution in [0, 0.1) is 5.82 Å². The third kappa shape index (κ3) is 7.44. The summed E-state index contributed by atoms with van der Waals surface area (Å²) in [6.07, 6.45) is -2.49. The molecule has 3 unspecified atom stereocenters. The van der Waals surface area contributed by atoms with Crippen LogP contribution in [0.15, 0.2) is 65.3 Å². The number of likely N-dealkylation sites (N-methyl/N-ethyl adjacent to an activating group) is 1. The van der Waals surface area contributed by atoms with Crippen LogP contribution >= 0.6 is 11.8 Å². The lowest BCUT2D eigenvalue weighted by atomic mass is 9.93. The van der Waals surface area contributed by atoms with E-state index in [1.165, 1.54) is 48.5 Å². The van der Waals surface area contributed by atoms with Crippen LogP contribution in [0.3, 0.4) is 0 Å². The molecule has 3 aliphatic rings. The van der Waals surface area contributed by atoms with Gasteiger partial charge in [-0.3, -0.25) is 4.79 Å². The number of carbonyl (C=O) groups is 1. The third-order valence-corrected chi connectivity index (χ3v) is 9.13. The van der Waals surface area contributed by atoms with Gasteiger partial charge >= 0.3 is 6.18 Å². The van der Waals surface area contributed by atoms with Gasteiger partial charge in [0.1, 0.15) is 17.5 Å². The van der Waals surface area contributed by atoms with E-state index in [0.29, 0.717) is 66.3 Å². The fourth-order valence-corrected chi connectivity index (χ4v) is 7.34. The first-order chi connectivity index (χ1) is 21.9. The van der Waals surface area contributed by atoms with Crippen molar-refractivity contribution >= 4 is 29.2 Å². The lowest BCUT2D eigenvalue weighted by Crippen LogP contribution is -2.60. The summed E-state index contributed by atoms with van der Waals surface area (Å²) in [4.78, 5) is 23.3. The zero-order chi connectivity index (χ0) is 33.8. The second-order valence-corrected chi connectivity index (χ2v) is 12.7. The molecular weight excluding hydrogens is 618 g/mol. The van der Waals surface area contributed by atoms with E-state index in [2.05, 4.69) is 32.3 Å². The van der Waals surface area contributed by atoms with Crippen molar-refractivity contribution in [1.29, 1.82) is 0 Å². The lowest BCUT2D eigenvalue weighted by Gasteiger charge is -2.46. The van der Waals surface area contributed by atoms with Crippen LogP contribution in [0.1, 0.15) is 45.2 Å². The van der Waals surface area contributed by atoms with Crippen molar-refractivity contribution in [3.8, 4) is 11.1 Å². The molecule has 3 heterocycles. The van der Waals surface area contributed by atoms with Gasteiger partial charge in [-0.15, -0.1) is 11.8 Å². The molecule has 1 fully saturated rings. The van der Waals surface area contributed by atoms with Crippen molar-refractivity contribution < 1.29 is 27.1 Å². The highest BCUT2D eigenvalue weighted by atomic mass is 32.2. The van der Waals surface area contributed by atoms with Crippen molar-refractivity contribution in [1.82, 2.24) is 15.1 Å². The van der Waals surface area contributed by atoms with Gasteiger partial charge in [-0.25, -0.2) is 9.38 Å². The lowest BCUT2D eigenvalue weighted by molar-refractivity contribution is -0.137. The number of hydrogen-bond donors (Lipinski definition) is 1. The van der Waals surface area contributed by atoms with Gasteiger partial charge in [0, 0.05) is 53.5 Å². The van der Waals surface area contributed by atoms with E-state index in [1.54, 1.807) is 4.90 Å². The van der Waals surface area contributed by atoms with E-state index in [1.807, 2.05) is 30.7 Å². The summed E-state index contributed by atoms with van der Waals surface area (Å²) in [6.45, 7) is 18.0.